The van der Waals surface area contributed by atoms with Gasteiger partial charge in [0, 0.05) is 7.05 Å². The van der Waals surface area contributed by atoms with Crippen molar-refractivity contribution in [2.45, 2.75) is 13.5 Å². The molecule has 0 aromatic carbocycles. The molecular formula is C14H15N5O. The molecule has 3 aromatic rings. The topological polar surface area (TPSA) is 81.1 Å². The third-order valence-electron chi connectivity index (χ3n) is 3.05. The number of aryl methyl sites for hydroxylation is 1. The number of rotatable bonds is 3. The minimum absolute atomic E-state index is 0.450. The number of nitrogens with zero attached hydrogens (tertiary/aromatic N) is 4. The van der Waals surface area contributed by atoms with E-state index in [2.05, 4.69) is 15.0 Å². The minimum atomic E-state index is 0.450. The van der Waals surface area contributed by atoms with Crippen molar-refractivity contribution in [3.63, 3.8) is 0 Å². The Hall–Kier alpha value is -2.63. The number of hydrogen-bond acceptors (Lipinski definition) is 6. The molecule has 0 atom stereocenters. The van der Waals surface area contributed by atoms with Gasteiger partial charge in [-0.3, -0.25) is 0 Å². The van der Waals surface area contributed by atoms with E-state index in [1.807, 2.05) is 37.1 Å². The van der Waals surface area contributed by atoms with E-state index in [4.69, 9.17) is 10.2 Å². The van der Waals surface area contributed by atoms with Crippen molar-refractivity contribution in [3.8, 4) is 0 Å². The summed E-state index contributed by atoms with van der Waals surface area (Å²) in [5.74, 6) is 3.04. The molecule has 0 saturated heterocycles. The van der Waals surface area contributed by atoms with Crippen molar-refractivity contribution in [2.24, 2.45) is 0 Å². The maximum absolute atomic E-state index is 5.68. The average molecular weight is 269 g/mol. The normalized spacial score (nSPS) is 10.9. The number of anilines is 2. The van der Waals surface area contributed by atoms with E-state index in [0.717, 1.165) is 22.7 Å². The van der Waals surface area contributed by atoms with E-state index >= 15 is 0 Å². The van der Waals surface area contributed by atoms with Crippen molar-refractivity contribution >= 4 is 22.7 Å². The lowest BCUT2D eigenvalue weighted by Crippen LogP contribution is -2.18. The predicted molar refractivity (Wildman–Crippen MR) is 77.3 cm³/mol. The van der Waals surface area contributed by atoms with Crippen molar-refractivity contribution in [1.29, 1.82) is 0 Å². The molecular weight excluding hydrogens is 254 g/mol. The number of nitrogens with two attached hydrogens (primary N) is 1. The first-order chi connectivity index (χ1) is 9.63. The Balaban J connectivity index is 1.96. The quantitative estimate of drug-likeness (QED) is 0.784. The second-order valence-corrected chi connectivity index (χ2v) is 4.67. The SMILES string of the molecule is Cc1ccc(CN(C)c2ncnc3nc(N)ccc23)o1. The molecule has 0 aliphatic carbocycles. The molecule has 0 fully saturated rings. The molecule has 20 heavy (non-hydrogen) atoms. The van der Waals surface area contributed by atoms with Gasteiger partial charge in [0.1, 0.15) is 29.5 Å². The van der Waals surface area contributed by atoms with Gasteiger partial charge in [0.05, 0.1) is 11.9 Å². The first-order valence-electron chi connectivity index (χ1n) is 6.27. The van der Waals surface area contributed by atoms with Gasteiger partial charge in [0.25, 0.3) is 0 Å². The second-order valence-electron chi connectivity index (χ2n) is 4.67. The largest absolute Gasteiger partial charge is 0.464 e. The molecule has 3 rings (SSSR count). The Morgan fingerprint density at radius 2 is 2.05 bits per heavy atom. The monoisotopic (exact) mass is 269 g/mol. The van der Waals surface area contributed by atoms with E-state index < -0.39 is 0 Å². The number of furan rings is 1. The lowest BCUT2D eigenvalue weighted by Gasteiger charge is -2.18. The van der Waals surface area contributed by atoms with Gasteiger partial charge in [-0.2, -0.15) is 0 Å². The van der Waals surface area contributed by atoms with Crippen LogP contribution in [0.15, 0.2) is 35.0 Å². The summed E-state index contributed by atoms with van der Waals surface area (Å²) in [6.45, 7) is 2.56. The van der Waals surface area contributed by atoms with Crippen LogP contribution in [-0.4, -0.2) is 22.0 Å². The van der Waals surface area contributed by atoms with Crippen LogP contribution < -0.4 is 10.6 Å². The van der Waals surface area contributed by atoms with Gasteiger partial charge >= 0.3 is 0 Å². The summed E-state index contributed by atoms with van der Waals surface area (Å²) in [6, 6.07) is 7.55. The van der Waals surface area contributed by atoms with Crippen molar-refractivity contribution in [3.05, 3.63) is 42.1 Å². The van der Waals surface area contributed by atoms with Crippen LogP contribution in [0, 0.1) is 6.92 Å². The molecule has 0 saturated carbocycles. The molecule has 0 aliphatic rings. The lowest BCUT2D eigenvalue weighted by atomic mass is 10.3. The number of nitrogen functional groups attached to an aromatic ring is 1. The third kappa shape index (κ3) is 2.27. The van der Waals surface area contributed by atoms with Crippen LogP contribution in [0.3, 0.4) is 0 Å². The average Bonchev–Trinajstić information content (AvgIpc) is 2.83. The minimum Gasteiger partial charge on any atom is -0.464 e. The van der Waals surface area contributed by atoms with Gasteiger partial charge in [-0.25, -0.2) is 15.0 Å². The van der Waals surface area contributed by atoms with Gasteiger partial charge < -0.3 is 15.1 Å². The van der Waals surface area contributed by atoms with Crippen LogP contribution in [0.4, 0.5) is 11.6 Å². The van der Waals surface area contributed by atoms with Gasteiger partial charge in [-0.05, 0) is 31.2 Å². The van der Waals surface area contributed by atoms with Crippen LogP contribution in [0.1, 0.15) is 11.5 Å². The van der Waals surface area contributed by atoms with Crippen molar-refractivity contribution in [2.75, 3.05) is 17.7 Å². The van der Waals surface area contributed by atoms with E-state index in [1.165, 1.54) is 6.33 Å². The van der Waals surface area contributed by atoms with Crippen molar-refractivity contribution in [1.82, 2.24) is 15.0 Å². The highest BCUT2D eigenvalue weighted by Gasteiger charge is 2.11. The molecule has 6 heteroatoms. The van der Waals surface area contributed by atoms with Crippen molar-refractivity contribution < 1.29 is 4.42 Å². The first-order valence-corrected chi connectivity index (χ1v) is 6.27. The maximum atomic E-state index is 5.68. The summed E-state index contributed by atoms with van der Waals surface area (Å²) < 4.78 is 5.59. The number of pyridine rings is 1. The van der Waals surface area contributed by atoms with Crippen LogP contribution in [0.25, 0.3) is 11.0 Å². The highest BCUT2D eigenvalue weighted by atomic mass is 16.3. The summed E-state index contributed by atoms with van der Waals surface area (Å²) in [5, 5.41) is 0.868. The summed E-state index contributed by atoms with van der Waals surface area (Å²) in [7, 11) is 1.95. The van der Waals surface area contributed by atoms with Gasteiger partial charge in [0.15, 0.2) is 5.65 Å². The third-order valence-corrected chi connectivity index (χ3v) is 3.05. The Bertz CT molecular complexity index is 752. The fraction of sp³-hybridized carbons (Fsp3) is 0.214. The molecule has 0 bridgehead atoms. The van der Waals surface area contributed by atoms with Crippen LogP contribution in [-0.2, 0) is 6.54 Å². The number of aromatic nitrogens is 3. The van der Waals surface area contributed by atoms with Gasteiger partial charge in [-0.15, -0.1) is 0 Å². The number of fused-ring (bicyclic) bond motifs is 1. The van der Waals surface area contributed by atoms with E-state index in [9.17, 15) is 0 Å². The molecule has 6 nitrogen and oxygen atoms in total. The standard InChI is InChI=1S/C14H15N5O/c1-9-3-4-10(20-9)7-19(2)14-11-5-6-12(15)18-13(11)16-8-17-14/h3-6,8H,7H2,1-2H3,(H2,15,16,17,18). The van der Waals surface area contributed by atoms with E-state index in [1.54, 1.807) is 6.07 Å². The molecule has 0 unspecified atom stereocenters. The second kappa shape index (κ2) is 4.80. The highest BCUT2D eigenvalue weighted by Crippen LogP contribution is 2.23. The Labute approximate surface area is 116 Å². The molecule has 0 spiro atoms. The van der Waals surface area contributed by atoms with Gasteiger partial charge in [-0.1, -0.05) is 0 Å². The summed E-state index contributed by atoms with van der Waals surface area (Å²) in [6.07, 6.45) is 1.49. The molecule has 3 heterocycles. The zero-order chi connectivity index (χ0) is 14.1. The zero-order valence-corrected chi connectivity index (χ0v) is 11.4. The Kier molecular flexibility index (Phi) is 2.98. The lowest BCUT2D eigenvalue weighted by molar-refractivity contribution is 0.481. The van der Waals surface area contributed by atoms with E-state index in [-0.39, 0.29) is 0 Å². The predicted octanol–water partition coefficient (Wildman–Crippen LogP) is 2.14. The molecule has 3 aromatic heterocycles. The Morgan fingerprint density at radius 1 is 1.20 bits per heavy atom. The van der Waals surface area contributed by atoms with Crippen LogP contribution in [0.2, 0.25) is 0 Å². The molecule has 2 N–H and O–H groups in total. The summed E-state index contributed by atoms with van der Waals surface area (Å²) in [5.41, 5.74) is 6.27. The molecule has 0 amide bonds. The number of hydrogen-bond donors (Lipinski definition) is 1. The molecule has 0 radical (unpaired) electrons. The summed E-state index contributed by atoms with van der Waals surface area (Å²) >= 11 is 0. The zero-order valence-electron chi connectivity index (χ0n) is 11.4. The highest BCUT2D eigenvalue weighted by molar-refractivity contribution is 5.87. The van der Waals surface area contributed by atoms with Crippen LogP contribution in [0.5, 0.6) is 0 Å². The van der Waals surface area contributed by atoms with Gasteiger partial charge in [0.2, 0.25) is 0 Å². The fourth-order valence-corrected chi connectivity index (χ4v) is 2.13. The van der Waals surface area contributed by atoms with E-state index in [0.29, 0.717) is 18.0 Å². The molecule has 0 aliphatic heterocycles. The fourth-order valence-electron chi connectivity index (χ4n) is 2.13. The van der Waals surface area contributed by atoms with Crippen LogP contribution >= 0.6 is 0 Å². The smallest absolute Gasteiger partial charge is 0.166 e. The summed E-state index contributed by atoms with van der Waals surface area (Å²) in [4.78, 5) is 14.7. The molecule has 102 valence electrons. The first kappa shape index (κ1) is 12.4. The Morgan fingerprint density at radius 3 is 2.80 bits per heavy atom. The maximum Gasteiger partial charge on any atom is 0.166 e.